The van der Waals surface area contributed by atoms with Gasteiger partial charge in [-0.1, -0.05) is 146 Å². The van der Waals surface area contributed by atoms with Gasteiger partial charge < -0.3 is 9.32 Å². The molecule has 1 aromatic heterocycles. The van der Waals surface area contributed by atoms with Gasteiger partial charge in [0.05, 0.1) is 6.04 Å². The Hall–Kier alpha value is -6.38. The molecule has 8 aromatic rings. The number of nitrogens with zero attached hydrogens (tertiary/aromatic N) is 1. The Kier molecular flexibility index (Phi) is 7.68. The summed E-state index contributed by atoms with van der Waals surface area (Å²) in [7, 11) is 0. The zero-order valence-corrected chi connectivity index (χ0v) is 27.6. The summed E-state index contributed by atoms with van der Waals surface area (Å²) in [5.74, 6) is 0. The Morgan fingerprint density at radius 1 is 0.420 bits per heavy atom. The highest BCUT2D eigenvalue weighted by molar-refractivity contribution is 6.07. The molecular weight excluding hydrogens is 607 g/mol. The molecular formula is C48H35NO. The summed E-state index contributed by atoms with van der Waals surface area (Å²) in [6, 6.07) is 62.9. The highest BCUT2D eigenvalue weighted by Gasteiger charge is 2.21. The average molecular weight is 642 g/mol. The molecule has 1 atom stereocenters. The predicted molar refractivity (Wildman–Crippen MR) is 211 cm³/mol. The second-order valence-corrected chi connectivity index (χ2v) is 12.9. The summed E-state index contributed by atoms with van der Waals surface area (Å²) >= 11 is 0. The van der Waals surface area contributed by atoms with Gasteiger partial charge in [0.2, 0.25) is 0 Å². The maximum Gasteiger partial charge on any atom is 0.135 e. The summed E-state index contributed by atoms with van der Waals surface area (Å²) in [5, 5.41) is 2.27. The standard InChI is InChI=1S/C48H35NO/c1-4-10-34(11-5-1)37-16-24-42(25-17-37)49(43-26-18-38(19-27-43)35-12-6-2-7-13-35)44-28-20-39(21-29-44)41-23-31-48-46(33-41)45-32-40(22-30-47(45)50-48)36-14-8-3-9-15-36/h1-26,28-33,43H,27H2. The molecule has 1 aliphatic carbocycles. The van der Waals surface area contributed by atoms with Crippen LogP contribution in [0.2, 0.25) is 0 Å². The third-order valence-corrected chi connectivity index (χ3v) is 9.82. The molecule has 238 valence electrons. The normalized spacial score (nSPS) is 14.2. The molecule has 0 bridgehead atoms. The van der Waals surface area contributed by atoms with E-state index < -0.39 is 0 Å². The second kappa shape index (κ2) is 12.9. The van der Waals surface area contributed by atoms with Gasteiger partial charge in [-0.05, 0) is 99.5 Å². The van der Waals surface area contributed by atoms with Crippen LogP contribution in [-0.4, -0.2) is 6.04 Å². The quantitative estimate of drug-likeness (QED) is 0.172. The first-order valence-electron chi connectivity index (χ1n) is 17.3. The van der Waals surface area contributed by atoms with E-state index in [2.05, 4.69) is 199 Å². The molecule has 1 heterocycles. The molecule has 0 amide bonds. The van der Waals surface area contributed by atoms with Gasteiger partial charge in [0.1, 0.15) is 11.2 Å². The van der Waals surface area contributed by atoms with Crippen molar-refractivity contribution in [1.82, 2.24) is 0 Å². The molecule has 0 radical (unpaired) electrons. The van der Waals surface area contributed by atoms with E-state index >= 15 is 0 Å². The molecule has 0 spiro atoms. The van der Waals surface area contributed by atoms with Crippen LogP contribution in [0.3, 0.4) is 0 Å². The van der Waals surface area contributed by atoms with Crippen LogP contribution in [0.15, 0.2) is 199 Å². The van der Waals surface area contributed by atoms with E-state index in [4.69, 9.17) is 4.42 Å². The van der Waals surface area contributed by atoms with Crippen LogP contribution in [-0.2, 0) is 0 Å². The average Bonchev–Trinajstić information content (AvgIpc) is 3.57. The highest BCUT2D eigenvalue weighted by atomic mass is 16.3. The minimum Gasteiger partial charge on any atom is -0.456 e. The van der Waals surface area contributed by atoms with Crippen LogP contribution in [0.4, 0.5) is 11.4 Å². The molecule has 0 fully saturated rings. The van der Waals surface area contributed by atoms with Gasteiger partial charge in [0.25, 0.3) is 0 Å². The van der Waals surface area contributed by atoms with E-state index in [9.17, 15) is 0 Å². The summed E-state index contributed by atoms with van der Waals surface area (Å²) < 4.78 is 6.26. The lowest BCUT2D eigenvalue weighted by atomic mass is 9.95. The van der Waals surface area contributed by atoms with Crippen molar-refractivity contribution in [1.29, 1.82) is 0 Å². The first-order chi connectivity index (χ1) is 24.8. The first kappa shape index (κ1) is 29.7. The van der Waals surface area contributed by atoms with Crippen molar-refractivity contribution in [2.75, 3.05) is 4.90 Å². The van der Waals surface area contributed by atoms with Gasteiger partial charge in [-0.3, -0.25) is 0 Å². The SMILES string of the molecule is C1=CC(N(c2ccc(-c3ccccc3)cc2)c2ccc(-c3ccc4oc5ccc(-c6ccccc6)cc5c4c3)cc2)CC=C1c1ccccc1. The Bertz CT molecular complexity index is 2470. The fraction of sp³-hybridized carbons (Fsp3) is 0.0417. The third kappa shape index (κ3) is 5.71. The van der Waals surface area contributed by atoms with Crippen molar-refractivity contribution >= 4 is 38.9 Å². The summed E-state index contributed by atoms with van der Waals surface area (Å²) in [5.41, 5.74) is 13.9. The van der Waals surface area contributed by atoms with Crippen LogP contribution in [0.25, 0.3) is 60.9 Å². The van der Waals surface area contributed by atoms with Gasteiger partial charge in [-0.25, -0.2) is 0 Å². The van der Waals surface area contributed by atoms with Gasteiger partial charge in [-0.15, -0.1) is 0 Å². The van der Waals surface area contributed by atoms with Gasteiger partial charge in [0, 0.05) is 22.1 Å². The Morgan fingerprint density at radius 3 is 1.32 bits per heavy atom. The van der Waals surface area contributed by atoms with E-state index in [-0.39, 0.29) is 6.04 Å². The zero-order chi connectivity index (χ0) is 33.3. The lowest BCUT2D eigenvalue weighted by molar-refractivity contribution is 0.669. The third-order valence-electron chi connectivity index (χ3n) is 9.82. The molecule has 50 heavy (non-hydrogen) atoms. The van der Waals surface area contributed by atoms with Crippen LogP contribution in [0, 0.1) is 0 Å². The number of fused-ring (bicyclic) bond motifs is 3. The maximum absolute atomic E-state index is 6.26. The number of rotatable bonds is 7. The molecule has 7 aromatic carbocycles. The fourth-order valence-corrected chi connectivity index (χ4v) is 7.20. The summed E-state index contributed by atoms with van der Waals surface area (Å²) in [4.78, 5) is 2.46. The number of furan rings is 1. The lowest BCUT2D eigenvalue weighted by Crippen LogP contribution is -2.30. The summed E-state index contributed by atoms with van der Waals surface area (Å²) in [6.07, 6.45) is 7.91. The van der Waals surface area contributed by atoms with Crippen molar-refractivity contribution in [3.8, 4) is 33.4 Å². The van der Waals surface area contributed by atoms with Crippen molar-refractivity contribution in [2.24, 2.45) is 0 Å². The largest absolute Gasteiger partial charge is 0.456 e. The first-order valence-corrected chi connectivity index (χ1v) is 17.3. The minimum absolute atomic E-state index is 0.184. The van der Waals surface area contributed by atoms with Gasteiger partial charge in [-0.2, -0.15) is 0 Å². The molecule has 0 aliphatic heterocycles. The van der Waals surface area contributed by atoms with E-state index in [1.54, 1.807) is 0 Å². The predicted octanol–water partition coefficient (Wildman–Crippen LogP) is 13.1. The number of allylic oxidation sites excluding steroid dienone is 2. The van der Waals surface area contributed by atoms with E-state index in [1.807, 2.05) is 0 Å². The molecule has 1 aliphatic rings. The van der Waals surface area contributed by atoms with E-state index in [0.717, 1.165) is 34.0 Å². The summed E-state index contributed by atoms with van der Waals surface area (Å²) in [6.45, 7) is 0. The smallest absolute Gasteiger partial charge is 0.135 e. The minimum atomic E-state index is 0.184. The Balaban J connectivity index is 1.05. The number of hydrogen-bond donors (Lipinski definition) is 0. The molecule has 2 nitrogen and oxygen atoms in total. The number of anilines is 2. The van der Waals surface area contributed by atoms with Gasteiger partial charge >= 0.3 is 0 Å². The van der Waals surface area contributed by atoms with Crippen molar-refractivity contribution in [3.63, 3.8) is 0 Å². The van der Waals surface area contributed by atoms with Crippen LogP contribution < -0.4 is 4.90 Å². The Labute approximate surface area is 292 Å². The molecule has 1 unspecified atom stereocenters. The molecule has 0 N–H and O–H groups in total. The highest BCUT2D eigenvalue weighted by Crippen LogP contribution is 2.38. The molecule has 0 saturated carbocycles. The molecule has 9 rings (SSSR count). The van der Waals surface area contributed by atoms with E-state index in [1.165, 1.54) is 50.2 Å². The second-order valence-electron chi connectivity index (χ2n) is 12.9. The number of benzene rings is 7. The van der Waals surface area contributed by atoms with Crippen LogP contribution in [0.1, 0.15) is 12.0 Å². The molecule has 0 saturated heterocycles. The monoisotopic (exact) mass is 641 g/mol. The number of hydrogen-bond acceptors (Lipinski definition) is 2. The van der Waals surface area contributed by atoms with Gasteiger partial charge in [0.15, 0.2) is 0 Å². The van der Waals surface area contributed by atoms with Crippen molar-refractivity contribution in [3.05, 3.63) is 200 Å². The maximum atomic E-state index is 6.26. The lowest BCUT2D eigenvalue weighted by Gasteiger charge is -2.33. The van der Waals surface area contributed by atoms with Crippen LogP contribution >= 0.6 is 0 Å². The molecule has 2 heteroatoms. The van der Waals surface area contributed by atoms with Crippen molar-refractivity contribution < 1.29 is 4.42 Å². The topological polar surface area (TPSA) is 16.4 Å². The van der Waals surface area contributed by atoms with Crippen LogP contribution in [0.5, 0.6) is 0 Å². The zero-order valence-electron chi connectivity index (χ0n) is 27.6. The van der Waals surface area contributed by atoms with E-state index in [0.29, 0.717) is 0 Å². The Morgan fingerprint density at radius 2 is 0.840 bits per heavy atom. The van der Waals surface area contributed by atoms with Crippen molar-refractivity contribution in [2.45, 2.75) is 12.5 Å². The fourth-order valence-electron chi connectivity index (χ4n) is 7.20.